The quantitative estimate of drug-likeness (QED) is 0.878. The number of aliphatic hydroxyl groups is 1. The van der Waals surface area contributed by atoms with Gasteiger partial charge in [0.15, 0.2) is 0 Å². The fraction of sp³-hybridized carbons (Fsp3) is 0.769. The van der Waals surface area contributed by atoms with E-state index in [1.165, 1.54) is 36.5 Å². The number of thioether (sulfide) groups is 1. The largest absolute Gasteiger partial charge is 0.396 e. The van der Waals surface area contributed by atoms with Crippen molar-refractivity contribution >= 4 is 11.8 Å². The van der Waals surface area contributed by atoms with E-state index in [9.17, 15) is 5.11 Å². The van der Waals surface area contributed by atoms with Crippen LogP contribution in [0.3, 0.4) is 0 Å². The van der Waals surface area contributed by atoms with Crippen LogP contribution < -0.4 is 0 Å². The summed E-state index contributed by atoms with van der Waals surface area (Å²) >= 11 is 2.06. The fourth-order valence-corrected chi connectivity index (χ4v) is 4.09. The third-order valence-electron chi connectivity index (χ3n) is 3.88. The van der Waals surface area contributed by atoms with Crippen LogP contribution in [0.2, 0.25) is 0 Å². The van der Waals surface area contributed by atoms with Gasteiger partial charge in [-0.05, 0) is 25.0 Å². The van der Waals surface area contributed by atoms with E-state index in [0.717, 1.165) is 19.4 Å². The maximum Gasteiger partial charge on any atom is 0.109 e. The van der Waals surface area contributed by atoms with Crippen molar-refractivity contribution < 1.29 is 5.11 Å². The van der Waals surface area contributed by atoms with E-state index in [4.69, 9.17) is 4.98 Å². The molecule has 0 amide bonds. The van der Waals surface area contributed by atoms with Gasteiger partial charge in [0.05, 0.1) is 5.69 Å². The maximum atomic E-state index is 9.23. The van der Waals surface area contributed by atoms with Gasteiger partial charge in [0.2, 0.25) is 0 Å². The van der Waals surface area contributed by atoms with Gasteiger partial charge in [0.25, 0.3) is 0 Å². The molecule has 0 bridgehead atoms. The Bertz CT molecular complexity index is 385. The Balaban J connectivity index is 1.77. The van der Waals surface area contributed by atoms with Crippen molar-refractivity contribution in [2.75, 3.05) is 12.4 Å². The standard InChI is InChI=1S/C13H20N2OS/c16-9-10-4-5-13-14-11(8-15(13)7-10)12-3-1-2-6-17-12/h8,10,12,16H,1-7,9H2. The predicted molar refractivity (Wildman–Crippen MR) is 70.2 cm³/mol. The van der Waals surface area contributed by atoms with Crippen LogP contribution in [0, 0.1) is 5.92 Å². The molecule has 2 aliphatic heterocycles. The molecule has 0 saturated carbocycles. The molecule has 1 saturated heterocycles. The molecular weight excluding hydrogens is 232 g/mol. The highest BCUT2D eigenvalue weighted by atomic mass is 32.2. The normalized spacial score (nSPS) is 29.0. The lowest BCUT2D eigenvalue weighted by atomic mass is 10.0. The van der Waals surface area contributed by atoms with E-state index in [1.54, 1.807) is 0 Å². The van der Waals surface area contributed by atoms with Gasteiger partial charge in [-0.1, -0.05) is 6.42 Å². The Kier molecular flexibility index (Phi) is 3.43. The Hall–Kier alpha value is -0.480. The van der Waals surface area contributed by atoms with Crippen LogP contribution in [0.4, 0.5) is 0 Å². The summed E-state index contributed by atoms with van der Waals surface area (Å²) in [6.45, 7) is 1.27. The van der Waals surface area contributed by atoms with Crippen LogP contribution in [-0.4, -0.2) is 27.0 Å². The zero-order valence-electron chi connectivity index (χ0n) is 10.1. The van der Waals surface area contributed by atoms with E-state index in [-0.39, 0.29) is 0 Å². The van der Waals surface area contributed by atoms with Gasteiger partial charge in [0, 0.05) is 36.9 Å². The minimum absolute atomic E-state index is 0.311. The monoisotopic (exact) mass is 252 g/mol. The smallest absolute Gasteiger partial charge is 0.109 e. The van der Waals surface area contributed by atoms with E-state index in [0.29, 0.717) is 17.8 Å². The number of imidazole rings is 1. The lowest BCUT2D eigenvalue weighted by Gasteiger charge is -2.21. The third-order valence-corrected chi connectivity index (χ3v) is 5.28. The molecule has 94 valence electrons. The lowest BCUT2D eigenvalue weighted by Crippen LogP contribution is -2.22. The van der Waals surface area contributed by atoms with E-state index in [2.05, 4.69) is 22.5 Å². The first-order valence-corrected chi connectivity index (χ1v) is 7.70. The summed E-state index contributed by atoms with van der Waals surface area (Å²) in [6, 6.07) is 0. The Morgan fingerprint density at radius 2 is 2.35 bits per heavy atom. The summed E-state index contributed by atoms with van der Waals surface area (Å²) in [5.74, 6) is 2.95. The molecule has 3 nitrogen and oxygen atoms in total. The fourth-order valence-electron chi connectivity index (χ4n) is 2.81. The van der Waals surface area contributed by atoms with Crippen molar-refractivity contribution in [3.05, 3.63) is 17.7 Å². The van der Waals surface area contributed by atoms with Gasteiger partial charge >= 0.3 is 0 Å². The highest BCUT2D eigenvalue weighted by molar-refractivity contribution is 7.99. The summed E-state index contributed by atoms with van der Waals surface area (Å²) < 4.78 is 2.27. The van der Waals surface area contributed by atoms with Crippen molar-refractivity contribution in [3.8, 4) is 0 Å². The van der Waals surface area contributed by atoms with E-state index >= 15 is 0 Å². The Morgan fingerprint density at radius 3 is 3.12 bits per heavy atom. The molecule has 0 aliphatic carbocycles. The van der Waals surface area contributed by atoms with Crippen molar-refractivity contribution in [2.24, 2.45) is 5.92 Å². The Morgan fingerprint density at radius 1 is 1.41 bits per heavy atom. The van der Waals surface area contributed by atoms with Gasteiger partial charge in [-0.25, -0.2) is 4.98 Å². The average molecular weight is 252 g/mol. The van der Waals surface area contributed by atoms with Crippen LogP contribution in [0.1, 0.15) is 42.5 Å². The number of fused-ring (bicyclic) bond motifs is 1. The maximum absolute atomic E-state index is 9.23. The summed E-state index contributed by atoms with van der Waals surface area (Å²) in [5.41, 5.74) is 1.28. The van der Waals surface area contributed by atoms with Crippen LogP contribution in [-0.2, 0) is 13.0 Å². The minimum Gasteiger partial charge on any atom is -0.396 e. The molecule has 4 heteroatoms. The van der Waals surface area contributed by atoms with Crippen LogP contribution >= 0.6 is 11.8 Å². The lowest BCUT2D eigenvalue weighted by molar-refractivity contribution is 0.190. The van der Waals surface area contributed by atoms with Gasteiger partial charge < -0.3 is 9.67 Å². The first kappa shape index (κ1) is 11.6. The molecule has 3 heterocycles. The third kappa shape index (κ3) is 2.38. The van der Waals surface area contributed by atoms with E-state index < -0.39 is 0 Å². The summed E-state index contributed by atoms with van der Waals surface area (Å²) in [4.78, 5) is 4.80. The highest BCUT2D eigenvalue weighted by Crippen LogP contribution is 2.38. The Labute approximate surface area is 107 Å². The molecule has 0 spiro atoms. The number of rotatable bonds is 2. The second-order valence-electron chi connectivity index (χ2n) is 5.18. The van der Waals surface area contributed by atoms with Gasteiger partial charge in [-0.2, -0.15) is 11.8 Å². The topological polar surface area (TPSA) is 38.1 Å². The number of aromatic nitrogens is 2. The van der Waals surface area contributed by atoms with Crippen LogP contribution in [0.25, 0.3) is 0 Å². The molecule has 1 fully saturated rings. The highest BCUT2D eigenvalue weighted by Gasteiger charge is 2.24. The van der Waals surface area contributed by atoms with Gasteiger partial charge in [0.1, 0.15) is 5.82 Å². The van der Waals surface area contributed by atoms with Crippen molar-refractivity contribution in [3.63, 3.8) is 0 Å². The summed E-state index contributed by atoms with van der Waals surface area (Å²) in [5, 5.41) is 9.85. The molecule has 0 aromatic carbocycles. The first-order chi connectivity index (χ1) is 8.36. The van der Waals surface area contributed by atoms with Crippen LogP contribution in [0.5, 0.6) is 0 Å². The SMILES string of the molecule is OCC1CCc2nc(C3CCCCS3)cn2C1. The number of nitrogens with zero attached hydrogens (tertiary/aromatic N) is 2. The molecule has 1 N–H and O–H groups in total. The van der Waals surface area contributed by atoms with Crippen LogP contribution in [0.15, 0.2) is 6.20 Å². The summed E-state index contributed by atoms with van der Waals surface area (Å²) in [6.07, 6.45) is 8.35. The van der Waals surface area contributed by atoms with Crippen molar-refractivity contribution in [1.82, 2.24) is 9.55 Å². The zero-order valence-corrected chi connectivity index (χ0v) is 11.0. The molecule has 0 radical (unpaired) electrons. The van der Waals surface area contributed by atoms with Crippen molar-refractivity contribution in [1.29, 1.82) is 0 Å². The second-order valence-corrected chi connectivity index (χ2v) is 6.49. The molecule has 3 rings (SSSR count). The molecule has 1 aromatic rings. The number of aryl methyl sites for hydroxylation is 1. The molecule has 1 aromatic heterocycles. The number of hydrogen-bond acceptors (Lipinski definition) is 3. The predicted octanol–water partition coefficient (Wildman–Crippen LogP) is 2.40. The molecule has 2 aliphatic rings. The van der Waals surface area contributed by atoms with Crippen molar-refractivity contribution in [2.45, 2.75) is 43.9 Å². The molecular formula is C13H20N2OS. The minimum atomic E-state index is 0.311. The molecule has 2 unspecified atom stereocenters. The zero-order chi connectivity index (χ0) is 11.7. The number of hydrogen-bond donors (Lipinski definition) is 1. The molecule has 17 heavy (non-hydrogen) atoms. The second kappa shape index (κ2) is 5.02. The summed E-state index contributed by atoms with van der Waals surface area (Å²) in [7, 11) is 0. The van der Waals surface area contributed by atoms with Gasteiger partial charge in [-0.3, -0.25) is 0 Å². The number of aliphatic hydroxyl groups excluding tert-OH is 1. The average Bonchev–Trinajstić information content (AvgIpc) is 2.82. The van der Waals surface area contributed by atoms with Gasteiger partial charge in [-0.15, -0.1) is 0 Å². The van der Waals surface area contributed by atoms with E-state index in [1.807, 2.05) is 0 Å². The first-order valence-electron chi connectivity index (χ1n) is 6.65. The molecule has 2 atom stereocenters.